The van der Waals surface area contributed by atoms with E-state index in [1.807, 2.05) is 50.4 Å². The minimum atomic E-state index is 0.521. The smallest absolute Gasteiger partial charge is 0.238 e. The second kappa shape index (κ2) is 5.28. The Morgan fingerprint density at radius 3 is 2.71 bits per heavy atom. The van der Waals surface area contributed by atoms with Gasteiger partial charge in [0.25, 0.3) is 0 Å². The van der Waals surface area contributed by atoms with Crippen molar-refractivity contribution < 1.29 is 4.74 Å². The second-order valence-electron chi connectivity index (χ2n) is 4.86. The average molecular weight is 280 g/mol. The predicted octanol–water partition coefficient (Wildman–Crippen LogP) is 3.26. The standard InChI is InChI=1S/C16H16N4O/c1-11-10-14(12(2)9-13(11)17)21-16-6-8-20(19-16)15-5-3-4-7-18-15/h3-10H,17H2,1-2H3. The molecule has 21 heavy (non-hydrogen) atoms. The molecule has 0 radical (unpaired) electrons. The maximum absolute atomic E-state index is 5.88. The Hall–Kier alpha value is -2.82. The summed E-state index contributed by atoms with van der Waals surface area (Å²) in [7, 11) is 0. The van der Waals surface area contributed by atoms with Crippen molar-refractivity contribution in [3.8, 4) is 17.4 Å². The van der Waals surface area contributed by atoms with Gasteiger partial charge in [-0.25, -0.2) is 9.67 Å². The number of hydrogen-bond acceptors (Lipinski definition) is 4. The minimum Gasteiger partial charge on any atom is -0.437 e. The molecule has 0 aliphatic heterocycles. The van der Waals surface area contributed by atoms with Gasteiger partial charge >= 0.3 is 0 Å². The Balaban J connectivity index is 1.87. The molecule has 0 saturated carbocycles. The van der Waals surface area contributed by atoms with Gasteiger partial charge in [0.2, 0.25) is 5.88 Å². The summed E-state index contributed by atoms with van der Waals surface area (Å²) in [5, 5.41) is 4.37. The van der Waals surface area contributed by atoms with Crippen LogP contribution in [-0.2, 0) is 0 Å². The van der Waals surface area contributed by atoms with Gasteiger partial charge in [-0.1, -0.05) is 6.07 Å². The number of benzene rings is 1. The molecule has 2 heterocycles. The third-order valence-corrected chi connectivity index (χ3v) is 3.23. The number of pyridine rings is 1. The highest BCUT2D eigenvalue weighted by molar-refractivity contribution is 5.54. The van der Waals surface area contributed by atoms with Gasteiger partial charge in [-0.15, -0.1) is 5.10 Å². The molecule has 0 unspecified atom stereocenters. The fourth-order valence-electron chi connectivity index (χ4n) is 2.01. The van der Waals surface area contributed by atoms with Crippen LogP contribution >= 0.6 is 0 Å². The van der Waals surface area contributed by atoms with Crippen LogP contribution in [0.25, 0.3) is 5.82 Å². The summed E-state index contributed by atoms with van der Waals surface area (Å²) in [6.45, 7) is 3.91. The summed E-state index contributed by atoms with van der Waals surface area (Å²) in [5.74, 6) is 2.03. The van der Waals surface area contributed by atoms with Gasteiger partial charge in [-0.3, -0.25) is 0 Å². The quantitative estimate of drug-likeness (QED) is 0.748. The molecule has 0 bridgehead atoms. The molecule has 2 N–H and O–H groups in total. The highest BCUT2D eigenvalue weighted by Gasteiger charge is 2.08. The normalized spacial score (nSPS) is 10.6. The molecule has 0 spiro atoms. The molecule has 2 aromatic heterocycles. The van der Waals surface area contributed by atoms with Crippen LogP contribution in [0.5, 0.6) is 11.6 Å². The number of nitrogens with two attached hydrogens (primary N) is 1. The van der Waals surface area contributed by atoms with Crippen LogP contribution in [0.2, 0.25) is 0 Å². The molecule has 3 rings (SSSR count). The van der Waals surface area contributed by atoms with Gasteiger partial charge in [0, 0.05) is 24.1 Å². The zero-order chi connectivity index (χ0) is 14.8. The zero-order valence-corrected chi connectivity index (χ0v) is 11.9. The van der Waals surface area contributed by atoms with Gasteiger partial charge in [0.15, 0.2) is 5.82 Å². The number of rotatable bonds is 3. The largest absolute Gasteiger partial charge is 0.437 e. The van der Waals surface area contributed by atoms with Crippen LogP contribution in [0.1, 0.15) is 11.1 Å². The Morgan fingerprint density at radius 1 is 1.10 bits per heavy atom. The van der Waals surface area contributed by atoms with Crippen molar-refractivity contribution in [2.24, 2.45) is 0 Å². The molecular formula is C16H16N4O. The number of aryl methyl sites for hydroxylation is 2. The molecule has 0 amide bonds. The first-order valence-electron chi connectivity index (χ1n) is 6.65. The van der Waals surface area contributed by atoms with Crippen molar-refractivity contribution in [3.05, 3.63) is 59.9 Å². The lowest BCUT2D eigenvalue weighted by molar-refractivity contribution is 0.453. The molecular weight excluding hydrogens is 264 g/mol. The van der Waals surface area contributed by atoms with Crippen molar-refractivity contribution >= 4 is 5.69 Å². The fourth-order valence-corrected chi connectivity index (χ4v) is 2.01. The first kappa shape index (κ1) is 13.2. The monoisotopic (exact) mass is 280 g/mol. The highest BCUT2D eigenvalue weighted by Crippen LogP contribution is 2.28. The van der Waals surface area contributed by atoms with Crippen LogP contribution in [-0.4, -0.2) is 14.8 Å². The Labute approximate surface area is 123 Å². The van der Waals surface area contributed by atoms with Gasteiger partial charge in [0.1, 0.15) is 5.75 Å². The fraction of sp³-hybridized carbons (Fsp3) is 0.125. The molecule has 3 aromatic rings. The molecule has 0 atom stereocenters. The van der Waals surface area contributed by atoms with Crippen molar-refractivity contribution in [1.29, 1.82) is 0 Å². The SMILES string of the molecule is Cc1cc(Oc2ccn(-c3ccccn3)n2)c(C)cc1N. The molecule has 106 valence electrons. The molecule has 1 aromatic carbocycles. The van der Waals surface area contributed by atoms with E-state index in [2.05, 4.69) is 10.1 Å². The zero-order valence-electron chi connectivity index (χ0n) is 11.9. The van der Waals surface area contributed by atoms with E-state index >= 15 is 0 Å². The topological polar surface area (TPSA) is 66.0 Å². The summed E-state index contributed by atoms with van der Waals surface area (Å²) in [6, 6.07) is 11.3. The number of aromatic nitrogens is 3. The summed E-state index contributed by atoms with van der Waals surface area (Å²) in [5.41, 5.74) is 8.61. The van der Waals surface area contributed by atoms with Gasteiger partial charge in [-0.2, -0.15) is 0 Å². The van der Waals surface area contributed by atoms with Crippen molar-refractivity contribution in [1.82, 2.24) is 14.8 Å². The van der Waals surface area contributed by atoms with E-state index in [0.29, 0.717) is 5.88 Å². The summed E-state index contributed by atoms with van der Waals surface area (Å²) in [6.07, 6.45) is 3.54. The number of nitrogens with zero attached hydrogens (tertiary/aromatic N) is 3. The Bertz CT molecular complexity index is 765. The highest BCUT2D eigenvalue weighted by atomic mass is 16.5. The van der Waals surface area contributed by atoms with Gasteiger partial charge < -0.3 is 10.5 Å². The van der Waals surface area contributed by atoms with Crippen molar-refractivity contribution in [2.75, 3.05) is 5.73 Å². The van der Waals surface area contributed by atoms with Gasteiger partial charge in [0.05, 0.1) is 0 Å². The van der Waals surface area contributed by atoms with Crippen molar-refractivity contribution in [3.63, 3.8) is 0 Å². The first-order valence-corrected chi connectivity index (χ1v) is 6.65. The predicted molar refractivity (Wildman–Crippen MR) is 81.8 cm³/mol. The average Bonchev–Trinajstić information content (AvgIpc) is 2.94. The van der Waals surface area contributed by atoms with E-state index in [1.165, 1.54) is 0 Å². The third-order valence-electron chi connectivity index (χ3n) is 3.23. The van der Waals surface area contributed by atoms with E-state index < -0.39 is 0 Å². The van der Waals surface area contributed by atoms with Crippen LogP contribution < -0.4 is 10.5 Å². The molecule has 0 aliphatic carbocycles. The van der Waals surface area contributed by atoms with E-state index in [4.69, 9.17) is 10.5 Å². The molecule has 5 nitrogen and oxygen atoms in total. The van der Waals surface area contributed by atoms with Crippen LogP contribution in [0.15, 0.2) is 48.8 Å². The Morgan fingerprint density at radius 2 is 1.95 bits per heavy atom. The number of anilines is 1. The summed E-state index contributed by atoms with van der Waals surface area (Å²) in [4.78, 5) is 4.24. The summed E-state index contributed by atoms with van der Waals surface area (Å²) >= 11 is 0. The summed E-state index contributed by atoms with van der Waals surface area (Å²) < 4.78 is 7.51. The molecule has 0 aliphatic rings. The van der Waals surface area contributed by atoms with E-state index in [0.717, 1.165) is 28.4 Å². The molecule has 0 saturated heterocycles. The number of nitrogen functional groups attached to an aromatic ring is 1. The van der Waals surface area contributed by atoms with Crippen molar-refractivity contribution in [2.45, 2.75) is 13.8 Å². The minimum absolute atomic E-state index is 0.521. The maximum Gasteiger partial charge on any atom is 0.238 e. The number of ether oxygens (including phenoxy) is 1. The van der Waals surface area contributed by atoms with Crippen LogP contribution in [0.4, 0.5) is 5.69 Å². The van der Waals surface area contributed by atoms with Crippen LogP contribution in [0, 0.1) is 13.8 Å². The van der Waals surface area contributed by atoms with E-state index in [9.17, 15) is 0 Å². The first-order chi connectivity index (χ1) is 10.1. The Kier molecular flexibility index (Phi) is 3.31. The second-order valence-corrected chi connectivity index (χ2v) is 4.86. The van der Waals surface area contributed by atoms with Gasteiger partial charge in [-0.05, 0) is 49.2 Å². The van der Waals surface area contributed by atoms with E-state index in [-0.39, 0.29) is 0 Å². The molecule has 0 fully saturated rings. The van der Waals surface area contributed by atoms with Crippen LogP contribution in [0.3, 0.4) is 0 Å². The lowest BCUT2D eigenvalue weighted by Gasteiger charge is -2.09. The van der Waals surface area contributed by atoms with E-state index in [1.54, 1.807) is 16.9 Å². The third kappa shape index (κ3) is 2.72. The maximum atomic E-state index is 5.88. The number of hydrogen-bond donors (Lipinski definition) is 1. The molecule has 5 heteroatoms. The lowest BCUT2D eigenvalue weighted by Crippen LogP contribution is -1.98. The lowest BCUT2D eigenvalue weighted by atomic mass is 10.1.